The maximum absolute atomic E-state index is 13.0. The number of aromatic nitrogens is 8. The average molecular weight is 559 g/mol. The first-order chi connectivity index (χ1) is 18.3. The van der Waals surface area contributed by atoms with Gasteiger partial charge in [0.15, 0.2) is 11.7 Å². The first-order valence-electron chi connectivity index (χ1n) is 10.9. The van der Waals surface area contributed by atoms with Gasteiger partial charge in [-0.2, -0.15) is 0 Å². The van der Waals surface area contributed by atoms with Crippen LogP contribution in [0.2, 0.25) is 0 Å². The lowest BCUT2D eigenvalue weighted by Gasteiger charge is -2.49. The number of hydrogen-bond donors (Lipinski definition) is 4. The number of carboxylic acids is 2. The van der Waals surface area contributed by atoms with E-state index in [0.29, 0.717) is 16.6 Å². The van der Waals surface area contributed by atoms with Gasteiger partial charge in [0.25, 0.3) is 5.91 Å². The summed E-state index contributed by atoms with van der Waals surface area (Å²) in [4.78, 5) is 50.9. The lowest BCUT2D eigenvalue weighted by Crippen LogP contribution is -2.71. The third-order valence-corrected chi connectivity index (χ3v) is 8.14. The fourth-order valence-electron chi connectivity index (χ4n) is 4.02. The van der Waals surface area contributed by atoms with E-state index in [4.69, 9.17) is 0 Å². The number of nitrogens with one attached hydrogen (secondary N) is 2. The highest BCUT2D eigenvalue weighted by atomic mass is 32.2. The number of nitrogens with zero attached hydrogens (tertiary/aromatic N) is 8. The van der Waals surface area contributed by atoms with E-state index >= 15 is 0 Å². The lowest BCUT2D eigenvalue weighted by atomic mass is 9.96. The first kappa shape index (κ1) is 25.3. The summed E-state index contributed by atoms with van der Waals surface area (Å²) in [6.07, 6.45) is 0. The maximum Gasteiger partial charge on any atom is 0.352 e. The predicted octanol–water partition coefficient (Wildman–Crippen LogP) is -1.07. The Bertz CT molecular complexity index is 1410. The van der Waals surface area contributed by atoms with E-state index in [1.165, 1.54) is 40.3 Å². The second-order valence-corrected chi connectivity index (χ2v) is 10.1. The number of amides is 2. The number of hydrogen-bond acceptors (Lipinski definition) is 12. The smallest absolute Gasteiger partial charge is 0.352 e. The van der Waals surface area contributed by atoms with Crippen molar-refractivity contribution in [1.82, 2.24) is 51.0 Å². The van der Waals surface area contributed by atoms with Crippen LogP contribution in [0, 0.1) is 0 Å². The van der Waals surface area contributed by atoms with Crippen LogP contribution in [0.3, 0.4) is 0 Å². The van der Waals surface area contributed by atoms with E-state index in [9.17, 15) is 29.4 Å². The van der Waals surface area contributed by atoms with Crippen LogP contribution < -0.4 is 5.32 Å². The fraction of sp³-hybridized carbons (Fsp3) is 0.300. The topological polar surface area (TPSA) is 222 Å². The van der Waals surface area contributed by atoms with Crippen LogP contribution in [0.25, 0.3) is 0 Å². The molecule has 2 aliphatic heterocycles. The number of aliphatic carboxylic acids is 2. The first-order valence-corrected chi connectivity index (χ1v) is 13.0. The summed E-state index contributed by atoms with van der Waals surface area (Å²) < 4.78 is 1.44. The highest BCUT2D eigenvalue weighted by molar-refractivity contribution is 8.01. The number of β-lactam (4-membered cyclic amide) rings is 1. The molecular formula is C20H18N10O6S2. The summed E-state index contributed by atoms with van der Waals surface area (Å²) in [7, 11) is 0. The van der Waals surface area contributed by atoms with E-state index in [1.807, 2.05) is 0 Å². The van der Waals surface area contributed by atoms with Crippen molar-refractivity contribution >= 4 is 47.3 Å². The van der Waals surface area contributed by atoms with Crippen molar-refractivity contribution in [2.24, 2.45) is 0 Å². The summed E-state index contributed by atoms with van der Waals surface area (Å²) in [5.41, 5.74) is 0.572. The number of fused-ring (bicyclic) bond motifs is 1. The highest BCUT2D eigenvalue weighted by Gasteiger charge is 2.54. The van der Waals surface area contributed by atoms with Gasteiger partial charge in [0.2, 0.25) is 11.1 Å². The third kappa shape index (κ3) is 4.82. The predicted molar refractivity (Wildman–Crippen MR) is 128 cm³/mol. The molecule has 0 radical (unpaired) electrons. The van der Waals surface area contributed by atoms with Crippen LogP contribution in [-0.2, 0) is 25.7 Å². The normalized spacial score (nSPS) is 19.5. The Kier molecular flexibility index (Phi) is 7.05. The van der Waals surface area contributed by atoms with Gasteiger partial charge >= 0.3 is 11.9 Å². The van der Waals surface area contributed by atoms with E-state index in [1.54, 1.807) is 18.2 Å². The zero-order valence-corrected chi connectivity index (χ0v) is 20.8. The minimum atomic E-state index is -1.51. The van der Waals surface area contributed by atoms with Gasteiger partial charge in [0.1, 0.15) is 23.7 Å². The van der Waals surface area contributed by atoms with Crippen LogP contribution in [0.1, 0.15) is 17.3 Å². The number of H-pyrrole nitrogens is 1. The Hall–Kier alpha value is -4.32. The van der Waals surface area contributed by atoms with E-state index in [2.05, 4.69) is 41.5 Å². The molecule has 4 N–H and O–H groups in total. The fourth-order valence-corrected chi connectivity index (χ4v) is 6.38. The maximum atomic E-state index is 13.0. The average Bonchev–Trinajstić information content (AvgIpc) is 3.58. The summed E-state index contributed by atoms with van der Waals surface area (Å²) in [6, 6.07) is 6.88. The molecule has 1 unspecified atom stereocenters. The van der Waals surface area contributed by atoms with Gasteiger partial charge in [-0.15, -0.1) is 22.0 Å². The zero-order valence-electron chi connectivity index (χ0n) is 19.2. The highest BCUT2D eigenvalue weighted by Crippen LogP contribution is 2.41. The molecule has 196 valence electrons. The third-order valence-electron chi connectivity index (χ3n) is 5.75. The van der Waals surface area contributed by atoms with E-state index < -0.39 is 41.1 Å². The monoisotopic (exact) mass is 558 g/mol. The Morgan fingerprint density at radius 3 is 2.66 bits per heavy atom. The quantitative estimate of drug-likeness (QED) is 0.132. The van der Waals surface area contributed by atoms with Gasteiger partial charge in [-0.05, 0) is 32.0 Å². The number of carbonyl (C=O) groups is 4. The molecule has 5 rings (SSSR count). The molecule has 2 aromatic heterocycles. The van der Waals surface area contributed by atoms with Crippen molar-refractivity contribution in [3.05, 3.63) is 53.0 Å². The number of tetrazole rings is 2. The zero-order chi connectivity index (χ0) is 26.8. The van der Waals surface area contributed by atoms with Crippen molar-refractivity contribution in [3.63, 3.8) is 0 Å². The molecule has 4 heterocycles. The molecule has 0 spiro atoms. The van der Waals surface area contributed by atoms with Crippen LogP contribution >= 0.6 is 23.5 Å². The van der Waals surface area contributed by atoms with Gasteiger partial charge in [-0.25, -0.2) is 14.6 Å². The van der Waals surface area contributed by atoms with Gasteiger partial charge in [0.05, 0.1) is 0 Å². The SMILES string of the molecule is O=C(O)C1=C(CSc2nnnn2Cc2nnn[nH]2)CS[C@H]2[C@H](NC(=O)C(C(=O)O)c3ccccc3)C(=O)N12. The number of thioether (sulfide) groups is 2. The van der Waals surface area contributed by atoms with Crippen molar-refractivity contribution < 1.29 is 29.4 Å². The van der Waals surface area contributed by atoms with Gasteiger partial charge in [-0.1, -0.05) is 42.1 Å². The Labute approximate surface area is 221 Å². The molecule has 3 aromatic rings. The van der Waals surface area contributed by atoms with Gasteiger partial charge in [-0.3, -0.25) is 19.3 Å². The van der Waals surface area contributed by atoms with E-state index in [0.717, 1.165) is 4.90 Å². The molecule has 16 nitrogen and oxygen atoms in total. The van der Waals surface area contributed by atoms with Crippen molar-refractivity contribution in [3.8, 4) is 0 Å². The van der Waals surface area contributed by atoms with Gasteiger partial charge < -0.3 is 15.5 Å². The lowest BCUT2D eigenvalue weighted by molar-refractivity contribution is -0.152. The second kappa shape index (κ2) is 10.6. The van der Waals surface area contributed by atoms with Crippen molar-refractivity contribution in [2.75, 3.05) is 11.5 Å². The molecule has 0 saturated carbocycles. The number of aromatic amines is 1. The summed E-state index contributed by atoms with van der Waals surface area (Å²) in [5.74, 6) is -4.75. The minimum Gasteiger partial charge on any atom is -0.480 e. The number of rotatable bonds is 10. The second-order valence-electron chi connectivity index (χ2n) is 8.09. The molecular weight excluding hydrogens is 540 g/mol. The van der Waals surface area contributed by atoms with Crippen molar-refractivity contribution in [2.45, 2.75) is 29.0 Å². The summed E-state index contributed by atoms with van der Waals surface area (Å²) in [6.45, 7) is 0.177. The molecule has 0 aliphatic carbocycles. The molecule has 2 aliphatic rings. The van der Waals surface area contributed by atoms with Crippen LogP contribution in [-0.4, -0.2) is 103 Å². The van der Waals surface area contributed by atoms with Crippen LogP contribution in [0.15, 0.2) is 46.8 Å². The standard InChI is InChI=1S/C20H18N10O6S2/c31-15(12(18(33)34)9-4-2-1-3-5-9)21-13-16(32)30-14(19(35)36)10(7-37-17(13)30)8-38-20-24-27-28-29(20)6-11-22-25-26-23-11/h1-5,12-13,17H,6-8H2,(H,21,31)(H,33,34)(H,35,36)(H,22,23,25,26)/t12?,13-,17+/m1/s1. The molecule has 1 saturated heterocycles. The Balaban J connectivity index is 1.28. The van der Waals surface area contributed by atoms with Crippen LogP contribution in [0.4, 0.5) is 0 Å². The number of carboxylic acid groups (broad SMARTS) is 2. The largest absolute Gasteiger partial charge is 0.480 e. The summed E-state index contributed by atoms with van der Waals surface area (Å²) in [5, 5.41) is 46.5. The van der Waals surface area contributed by atoms with Crippen molar-refractivity contribution in [1.29, 1.82) is 0 Å². The molecule has 0 bridgehead atoms. The minimum absolute atomic E-state index is 0.173. The molecule has 1 fully saturated rings. The molecule has 38 heavy (non-hydrogen) atoms. The summed E-state index contributed by atoms with van der Waals surface area (Å²) >= 11 is 2.46. The van der Waals surface area contributed by atoms with E-state index in [-0.39, 0.29) is 29.3 Å². The van der Waals surface area contributed by atoms with Gasteiger partial charge in [0, 0.05) is 11.5 Å². The number of benzene rings is 1. The molecule has 2 amide bonds. The molecule has 18 heteroatoms. The Morgan fingerprint density at radius 1 is 1.18 bits per heavy atom. The number of carbonyl (C=O) groups excluding carboxylic acids is 2. The molecule has 3 atom stereocenters. The molecule has 1 aromatic carbocycles. The Morgan fingerprint density at radius 2 is 1.97 bits per heavy atom. The van der Waals surface area contributed by atoms with Crippen LogP contribution in [0.5, 0.6) is 0 Å².